The van der Waals surface area contributed by atoms with Crippen molar-refractivity contribution in [2.24, 2.45) is 0 Å². The van der Waals surface area contributed by atoms with Crippen LogP contribution in [0, 0.1) is 0 Å². The van der Waals surface area contributed by atoms with Crippen LogP contribution in [0.25, 0.3) is 0 Å². The van der Waals surface area contributed by atoms with Gasteiger partial charge < -0.3 is 23.0 Å². The van der Waals surface area contributed by atoms with Crippen LogP contribution in [0.3, 0.4) is 0 Å². The van der Waals surface area contributed by atoms with Crippen LogP contribution in [-0.4, -0.2) is 12.9 Å². The summed E-state index contributed by atoms with van der Waals surface area (Å²) in [5, 5.41) is 0. The minimum Gasteiger partial charge on any atom is -0.428 e. The molecule has 7 nitrogen and oxygen atoms in total. The molecule has 0 radical (unpaired) electrons. The fourth-order valence-electron chi connectivity index (χ4n) is 1.35. The van der Waals surface area contributed by atoms with Crippen molar-refractivity contribution in [1.82, 2.24) is 0 Å². The number of ether oxygens (including phenoxy) is 3. The van der Waals surface area contributed by atoms with E-state index in [1.165, 1.54) is 12.1 Å². The van der Waals surface area contributed by atoms with Crippen LogP contribution in [0.15, 0.2) is 33.1 Å². The molecule has 0 N–H and O–H groups in total. The molecule has 0 aromatic carbocycles. The van der Waals surface area contributed by atoms with Crippen molar-refractivity contribution in [2.45, 2.75) is 13.2 Å². The molecule has 0 bridgehead atoms. The van der Waals surface area contributed by atoms with Crippen molar-refractivity contribution >= 4 is 12.9 Å². The maximum absolute atomic E-state index is 10.1. The average molecular weight is 266 g/mol. The number of carbonyl (C=O) groups excluding carboxylic acids is 2. The third kappa shape index (κ3) is 3.71. The van der Waals surface area contributed by atoms with Gasteiger partial charge in [-0.05, 0) is 12.1 Å². The zero-order valence-electron chi connectivity index (χ0n) is 9.74. The second-order valence-corrected chi connectivity index (χ2v) is 3.36. The van der Waals surface area contributed by atoms with Crippen molar-refractivity contribution in [3.8, 4) is 11.9 Å². The molecular weight excluding hydrogens is 256 g/mol. The largest absolute Gasteiger partial charge is 0.428 e. The van der Waals surface area contributed by atoms with Gasteiger partial charge in [0.1, 0.15) is 24.7 Å². The standard InChI is InChI=1S/C12H10O7/c13-7-16-11-3-1-9(18-11)5-15-6-10-2-4-12(19-10)17-8-14/h1-4,7-8H,5-6H2. The summed E-state index contributed by atoms with van der Waals surface area (Å²) in [6, 6.07) is 6.27. The second kappa shape index (κ2) is 6.41. The third-order valence-electron chi connectivity index (χ3n) is 2.09. The maximum Gasteiger partial charge on any atom is 0.300 e. The van der Waals surface area contributed by atoms with Gasteiger partial charge in [-0.15, -0.1) is 0 Å². The molecule has 7 heteroatoms. The Labute approximate surface area is 107 Å². The summed E-state index contributed by atoms with van der Waals surface area (Å²) in [4.78, 5) is 20.2. The Morgan fingerprint density at radius 2 is 1.32 bits per heavy atom. The number of hydrogen-bond donors (Lipinski definition) is 0. The Morgan fingerprint density at radius 1 is 0.842 bits per heavy atom. The highest BCUT2D eigenvalue weighted by Gasteiger charge is 2.05. The molecule has 0 aliphatic carbocycles. The summed E-state index contributed by atoms with van der Waals surface area (Å²) in [6.45, 7) is 0.932. The summed E-state index contributed by atoms with van der Waals surface area (Å²) in [5.41, 5.74) is 0. The highest BCUT2D eigenvalue weighted by Crippen LogP contribution is 2.18. The van der Waals surface area contributed by atoms with Crippen LogP contribution in [0.1, 0.15) is 11.5 Å². The van der Waals surface area contributed by atoms with E-state index in [1.54, 1.807) is 12.1 Å². The van der Waals surface area contributed by atoms with Crippen LogP contribution in [-0.2, 0) is 27.5 Å². The van der Waals surface area contributed by atoms with E-state index in [0.717, 1.165) is 0 Å². The minimum atomic E-state index is 0.105. The summed E-state index contributed by atoms with van der Waals surface area (Å²) in [5.74, 6) is 1.22. The van der Waals surface area contributed by atoms with Crippen LogP contribution >= 0.6 is 0 Å². The molecule has 2 heterocycles. The van der Waals surface area contributed by atoms with Crippen molar-refractivity contribution < 1.29 is 32.6 Å². The summed E-state index contributed by atoms with van der Waals surface area (Å²) in [7, 11) is 0. The molecule has 100 valence electrons. The number of carbonyl (C=O) groups is 2. The van der Waals surface area contributed by atoms with Crippen molar-refractivity contribution in [2.75, 3.05) is 0 Å². The average Bonchev–Trinajstić information content (AvgIpc) is 3.01. The molecule has 2 rings (SSSR count). The predicted molar refractivity (Wildman–Crippen MR) is 59.3 cm³/mol. The Hall–Kier alpha value is -2.54. The summed E-state index contributed by atoms with van der Waals surface area (Å²) >= 11 is 0. The molecule has 19 heavy (non-hydrogen) atoms. The van der Waals surface area contributed by atoms with Crippen LogP contribution < -0.4 is 9.47 Å². The van der Waals surface area contributed by atoms with Crippen LogP contribution in [0.4, 0.5) is 0 Å². The van der Waals surface area contributed by atoms with Gasteiger partial charge in [-0.2, -0.15) is 0 Å². The lowest BCUT2D eigenvalue weighted by molar-refractivity contribution is -0.122. The molecule has 0 spiro atoms. The first-order valence-corrected chi connectivity index (χ1v) is 5.27. The highest BCUT2D eigenvalue weighted by atomic mass is 16.6. The molecule has 0 saturated carbocycles. The fraction of sp³-hybridized carbons (Fsp3) is 0.167. The number of hydrogen-bond acceptors (Lipinski definition) is 7. The quantitative estimate of drug-likeness (QED) is 0.671. The molecule has 0 aliphatic heterocycles. The first-order chi connectivity index (χ1) is 9.31. The molecule has 0 atom stereocenters. The van der Waals surface area contributed by atoms with Crippen molar-refractivity contribution in [3.05, 3.63) is 35.8 Å². The fourth-order valence-corrected chi connectivity index (χ4v) is 1.35. The highest BCUT2D eigenvalue weighted by molar-refractivity contribution is 5.42. The smallest absolute Gasteiger partial charge is 0.300 e. The van der Waals surface area contributed by atoms with Gasteiger partial charge in [0.2, 0.25) is 0 Å². The zero-order chi connectivity index (χ0) is 13.5. The molecule has 0 unspecified atom stereocenters. The third-order valence-corrected chi connectivity index (χ3v) is 2.09. The van der Waals surface area contributed by atoms with E-state index in [-0.39, 0.29) is 38.1 Å². The van der Waals surface area contributed by atoms with E-state index < -0.39 is 0 Å². The summed E-state index contributed by atoms with van der Waals surface area (Å²) in [6.07, 6.45) is 0. The lowest BCUT2D eigenvalue weighted by Gasteiger charge is -1.99. The van der Waals surface area contributed by atoms with E-state index in [0.29, 0.717) is 11.5 Å². The Balaban J connectivity index is 1.78. The normalized spacial score (nSPS) is 10.1. The summed E-state index contributed by atoms with van der Waals surface area (Å²) < 4.78 is 24.6. The molecule has 0 amide bonds. The van der Waals surface area contributed by atoms with Gasteiger partial charge >= 0.3 is 12.9 Å². The molecule has 0 saturated heterocycles. The lowest BCUT2D eigenvalue weighted by atomic mass is 10.4. The molecule has 2 aromatic heterocycles. The Bertz CT molecular complexity index is 492. The number of rotatable bonds is 8. The second-order valence-electron chi connectivity index (χ2n) is 3.36. The van der Waals surface area contributed by atoms with E-state index in [1.807, 2.05) is 0 Å². The van der Waals surface area contributed by atoms with E-state index in [4.69, 9.17) is 13.6 Å². The lowest BCUT2D eigenvalue weighted by Crippen LogP contribution is -1.91. The maximum atomic E-state index is 10.1. The topological polar surface area (TPSA) is 88.1 Å². The van der Waals surface area contributed by atoms with E-state index in [9.17, 15) is 9.59 Å². The first-order valence-electron chi connectivity index (χ1n) is 5.27. The van der Waals surface area contributed by atoms with Gasteiger partial charge in [0.25, 0.3) is 11.9 Å². The Morgan fingerprint density at radius 3 is 1.74 bits per heavy atom. The number of furan rings is 2. The molecule has 0 fully saturated rings. The van der Waals surface area contributed by atoms with Crippen molar-refractivity contribution in [1.29, 1.82) is 0 Å². The first kappa shape index (κ1) is 12.9. The van der Waals surface area contributed by atoms with Gasteiger partial charge in [-0.3, -0.25) is 9.59 Å². The monoisotopic (exact) mass is 266 g/mol. The SMILES string of the molecule is O=COc1ccc(COCc2ccc(OC=O)o2)o1. The van der Waals surface area contributed by atoms with Gasteiger partial charge in [0.15, 0.2) is 0 Å². The minimum absolute atomic E-state index is 0.105. The van der Waals surface area contributed by atoms with Gasteiger partial charge in [-0.25, -0.2) is 0 Å². The zero-order valence-corrected chi connectivity index (χ0v) is 9.74. The van der Waals surface area contributed by atoms with Gasteiger partial charge in [0, 0.05) is 12.1 Å². The van der Waals surface area contributed by atoms with Gasteiger partial charge in [-0.1, -0.05) is 0 Å². The van der Waals surface area contributed by atoms with Crippen LogP contribution in [0.5, 0.6) is 11.9 Å². The molecular formula is C12H10O7. The van der Waals surface area contributed by atoms with E-state index in [2.05, 4.69) is 9.47 Å². The molecule has 0 aliphatic rings. The van der Waals surface area contributed by atoms with Crippen molar-refractivity contribution in [3.63, 3.8) is 0 Å². The molecule has 2 aromatic rings. The van der Waals surface area contributed by atoms with Gasteiger partial charge in [0.05, 0.1) is 0 Å². The Kier molecular flexibility index (Phi) is 4.35. The van der Waals surface area contributed by atoms with Crippen LogP contribution in [0.2, 0.25) is 0 Å². The predicted octanol–water partition coefficient (Wildman–Crippen LogP) is 1.66. The van der Waals surface area contributed by atoms with E-state index >= 15 is 0 Å².